The van der Waals surface area contributed by atoms with E-state index >= 15 is 0 Å². The Morgan fingerprint density at radius 1 is 1.12 bits per heavy atom. The molecular weight excluding hydrogens is 241 g/mol. The van der Waals surface area contributed by atoms with Crippen molar-refractivity contribution in [2.45, 2.75) is 25.6 Å². The van der Waals surface area contributed by atoms with Gasteiger partial charge < -0.3 is 5.32 Å². The highest BCUT2D eigenvalue weighted by molar-refractivity contribution is 5.18. The fraction of sp³-hybridized carbons (Fsp3) is 0.455. The van der Waals surface area contributed by atoms with Gasteiger partial charge in [-0.05, 0) is 31.2 Å². The average Bonchev–Trinajstić information content (AvgIpc) is 2.21. The molecule has 0 spiro atoms. The van der Waals surface area contributed by atoms with Crippen molar-refractivity contribution in [2.24, 2.45) is 0 Å². The van der Waals surface area contributed by atoms with Crippen LogP contribution in [-0.2, 0) is 6.54 Å². The Balaban J connectivity index is 2.29. The summed E-state index contributed by atoms with van der Waals surface area (Å²) in [7, 11) is 0. The van der Waals surface area contributed by atoms with E-state index in [1.54, 1.807) is 0 Å². The van der Waals surface area contributed by atoms with Crippen molar-refractivity contribution in [3.05, 3.63) is 35.4 Å². The third kappa shape index (κ3) is 5.63. The predicted octanol–water partition coefficient (Wildman–Crippen LogP) is 3.40. The Morgan fingerprint density at radius 3 is 2.47 bits per heavy atom. The fourth-order valence-corrected chi connectivity index (χ4v) is 1.32. The number of benzene rings is 1. The van der Waals surface area contributed by atoms with Crippen LogP contribution >= 0.6 is 0 Å². The summed E-state index contributed by atoms with van der Waals surface area (Å²) in [6.07, 6.45) is -5.14. The van der Waals surface area contributed by atoms with Gasteiger partial charge >= 0.3 is 6.18 Å². The van der Waals surface area contributed by atoms with Crippen molar-refractivity contribution in [1.29, 1.82) is 0 Å². The van der Waals surface area contributed by atoms with Gasteiger partial charge in [0.2, 0.25) is 0 Å². The lowest BCUT2D eigenvalue weighted by Gasteiger charge is -2.08. The maximum absolute atomic E-state index is 13.1. The predicted molar refractivity (Wildman–Crippen MR) is 53.4 cm³/mol. The van der Waals surface area contributed by atoms with Gasteiger partial charge in [-0.3, -0.25) is 0 Å². The van der Waals surface area contributed by atoms with Crippen molar-refractivity contribution in [3.8, 4) is 0 Å². The second kappa shape index (κ2) is 5.95. The summed E-state index contributed by atoms with van der Waals surface area (Å²) in [5, 5.41) is 2.64. The molecule has 0 radical (unpaired) electrons. The van der Waals surface area contributed by atoms with Crippen LogP contribution < -0.4 is 5.32 Å². The lowest BCUT2D eigenvalue weighted by atomic mass is 10.2. The van der Waals surface area contributed by atoms with E-state index in [-0.39, 0.29) is 25.1 Å². The first kappa shape index (κ1) is 13.9. The van der Waals surface area contributed by atoms with E-state index in [4.69, 9.17) is 0 Å². The van der Waals surface area contributed by atoms with E-state index in [2.05, 4.69) is 5.32 Å². The zero-order valence-electron chi connectivity index (χ0n) is 8.95. The molecule has 0 aromatic heterocycles. The minimum Gasteiger partial charge on any atom is -0.313 e. The van der Waals surface area contributed by atoms with E-state index < -0.39 is 24.2 Å². The third-order valence-electron chi connectivity index (χ3n) is 2.14. The molecule has 0 aliphatic carbocycles. The van der Waals surface area contributed by atoms with Crippen LogP contribution in [0.4, 0.5) is 22.0 Å². The van der Waals surface area contributed by atoms with Gasteiger partial charge in [-0.25, -0.2) is 8.78 Å². The lowest BCUT2D eigenvalue weighted by Crippen LogP contribution is -2.18. The van der Waals surface area contributed by atoms with Gasteiger partial charge in [-0.15, -0.1) is 0 Å². The first-order valence-electron chi connectivity index (χ1n) is 5.10. The summed E-state index contributed by atoms with van der Waals surface area (Å²) in [4.78, 5) is 0. The molecule has 0 heterocycles. The SMILES string of the molecule is Fc1ccc(F)c(CNCCCC(F)(F)F)c1. The smallest absolute Gasteiger partial charge is 0.313 e. The summed E-state index contributed by atoms with van der Waals surface area (Å²) in [6.45, 7) is 0.122. The largest absolute Gasteiger partial charge is 0.389 e. The second-order valence-electron chi connectivity index (χ2n) is 3.63. The molecular formula is C11H12F5N. The van der Waals surface area contributed by atoms with Crippen LogP contribution in [0.2, 0.25) is 0 Å². The van der Waals surface area contributed by atoms with Crippen molar-refractivity contribution in [1.82, 2.24) is 5.32 Å². The molecule has 1 nitrogen and oxygen atoms in total. The van der Waals surface area contributed by atoms with Crippen LogP contribution in [0.3, 0.4) is 0 Å². The summed E-state index contributed by atoms with van der Waals surface area (Å²) >= 11 is 0. The molecule has 1 aromatic rings. The first-order valence-corrected chi connectivity index (χ1v) is 5.10. The number of rotatable bonds is 5. The Hall–Kier alpha value is -1.17. The Labute approximate surface area is 95.6 Å². The Bertz CT molecular complexity index is 361. The van der Waals surface area contributed by atoms with E-state index in [1.165, 1.54) is 0 Å². The summed E-state index contributed by atoms with van der Waals surface area (Å²) < 4.78 is 61.2. The van der Waals surface area contributed by atoms with Crippen molar-refractivity contribution >= 4 is 0 Å². The number of halogens is 5. The molecule has 0 aliphatic heterocycles. The molecule has 96 valence electrons. The fourth-order valence-electron chi connectivity index (χ4n) is 1.32. The minimum atomic E-state index is -4.17. The van der Waals surface area contributed by atoms with Gasteiger partial charge in [0.1, 0.15) is 11.6 Å². The second-order valence-corrected chi connectivity index (χ2v) is 3.63. The van der Waals surface area contributed by atoms with Crippen LogP contribution in [0, 0.1) is 11.6 Å². The number of hydrogen-bond donors (Lipinski definition) is 1. The summed E-state index contributed by atoms with van der Waals surface area (Å²) in [5.74, 6) is -1.15. The van der Waals surface area contributed by atoms with Gasteiger partial charge in [0.25, 0.3) is 0 Å². The summed E-state index contributed by atoms with van der Waals surface area (Å²) in [6, 6.07) is 3.00. The van der Waals surface area contributed by atoms with Gasteiger partial charge in [0.15, 0.2) is 0 Å². The molecule has 1 N–H and O–H groups in total. The molecule has 0 saturated carbocycles. The average molecular weight is 253 g/mol. The molecule has 6 heteroatoms. The number of alkyl halides is 3. The van der Waals surface area contributed by atoms with E-state index in [1.807, 2.05) is 0 Å². The highest BCUT2D eigenvalue weighted by Crippen LogP contribution is 2.20. The molecule has 0 atom stereocenters. The van der Waals surface area contributed by atoms with Crippen molar-refractivity contribution in [3.63, 3.8) is 0 Å². The Kier molecular flexibility index (Phi) is 4.86. The molecule has 0 saturated heterocycles. The molecule has 17 heavy (non-hydrogen) atoms. The molecule has 0 unspecified atom stereocenters. The van der Waals surface area contributed by atoms with Crippen molar-refractivity contribution < 1.29 is 22.0 Å². The Morgan fingerprint density at radius 2 is 1.82 bits per heavy atom. The maximum atomic E-state index is 13.1. The van der Waals surface area contributed by atoms with Crippen LogP contribution in [0.15, 0.2) is 18.2 Å². The highest BCUT2D eigenvalue weighted by Gasteiger charge is 2.25. The molecule has 0 aliphatic rings. The monoisotopic (exact) mass is 253 g/mol. The van der Waals surface area contributed by atoms with Crippen LogP contribution in [0.25, 0.3) is 0 Å². The van der Waals surface area contributed by atoms with Crippen molar-refractivity contribution in [2.75, 3.05) is 6.54 Å². The third-order valence-corrected chi connectivity index (χ3v) is 2.14. The number of nitrogens with one attached hydrogen (secondary N) is 1. The molecule has 0 fully saturated rings. The standard InChI is InChI=1S/C11H12F5N/c12-9-2-3-10(13)8(6-9)7-17-5-1-4-11(14,15)16/h2-3,6,17H,1,4-5,7H2. The van der Waals surface area contributed by atoms with Gasteiger partial charge in [-0.2, -0.15) is 13.2 Å². The van der Waals surface area contributed by atoms with E-state index in [9.17, 15) is 22.0 Å². The van der Waals surface area contributed by atoms with Gasteiger partial charge in [0.05, 0.1) is 0 Å². The molecule has 0 amide bonds. The quantitative estimate of drug-likeness (QED) is 0.626. The van der Waals surface area contributed by atoms with Crippen LogP contribution in [0.5, 0.6) is 0 Å². The topological polar surface area (TPSA) is 12.0 Å². The lowest BCUT2D eigenvalue weighted by molar-refractivity contribution is -0.135. The molecule has 0 bridgehead atoms. The van der Waals surface area contributed by atoms with Crippen LogP contribution in [0.1, 0.15) is 18.4 Å². The molecule has 1 rings (SSSR count). The molecule has 1 aromatic carbocycles. The maximum Gasteiger partial charge on any atom is 0.389 e. The van der Waals surface area contributed by atoms with E-state index in [0.29, 0.717) is 0 Å². The van der Waals surface area contributed by atoms with Crippen LogP contribution in [-0.4, -0.2) is 12.7 Å². The van der Waals surface area contributed by atoms with Gasteiger partial charge in [0, 0.05) is 18.5 Å². The van der Waals surface area contributed by atoms with Gasteiger partial charge in [-0.1, -0.05) is 0 Å². The number of hydrogen-bond acceptors (Lipinski definition) is 1. The zero-order valence-corrected chi connectivity index (χ0v) is 8.95. The zero-order chi connectivity index (χ0) is 12.9. The summed E-state index contributed by atoms with van der Waals surface area (Å²) in [5.41, 5.74) is 0.108. The normalized spacial score (nSPS) is 11.8. The van der Waals surface area contributed by atoms with E-state index in [0.717, 1.165) is 18.2 Å². The highest BCUT2D eigenvalue weighted by atomic mass is 19.4. The first-order chi connectivity index (χ1) is 7.88. The minimum absolute atomic E-state index is 0.0153.